The van der Waals surface area contributed by atoms with Gasteiger partial charge in [-0.2, -0.15) is 13.2 Å². The third-order valence-electron chi connectivity index (χ3n) is 4.46. The van der Waals surface area contributed by atoms with Crippen molar-refractivity contribution in [1.82, 2.24) is 10.6 Å². The Bertz CT molecular complexity index is 1080. The predicted octanol–water partition coefficient (Wildman–Crippen LogP) is 5.07. The van der Waals surface area contributed by atoms with Crippen LogP contribution in [0, 0.1) is 0 Å². The average Bonchev–Trinajstić information content (AvgIpc) is 2.75. The third kappa shape index (κ3) is 6.33. The van der Waals surface area contributed by atoms with Crippen LogP contribution in [0.4, 0.5) is 13.2 Å². The number of nitrogens with one attached hydrogen (secondary N) is 2. The molecule has 0 heterocycles. The quantitative estimate of drug-likeness (QED) is 0.555. The SMILES string of the molecule is O=C(CNC(=O)c1cccc(-c2ccc(C(F)(F)F)cc2)c1)NCc1cccc(Cl)c1. The molecule has 0 radical (unpaired) electrons. The summed E-state index contributed by atoms with van der Waals surface area (Å²) in [6.45, 7) is 0.0581. The van der Waals surface area contributed by atoms with Gasteiger partial charge in [0.05, 0.1) is 12.1 Å². The zero-order valence-corrected chi connectivity index (χ0v) is 16.9. The lowest BCUT2D eigenvalue weighted by Crippen LogP contribution is -2.36. The molecule has 31 heavy (non-hydrogen) atoms. The Morgan fingerprint density at radius 2 is 1.55 bits per heavy atom. The first-order chi connectivity index (χ1) is 14.7. The number of halogens is 4. The minimum absolute atomic E-state index is 0.218. The summed E-state index contributed by atoms with van der Waals surface area (Å²) in [6, 6.07) is 18.2. The fraction of sp³-hybridized carbons (Fsp3) is 0.130. The van der Waals surface area contributed by atoms with Gasteiger partial charge in [-0.15, -0.1) is 0 Å². The van der Waals surface area contributed by atoms with Gasteiger partial charge in [-0.1, -0.05) is 48.0 Å². The maximum Gasteiger partial charge on any atom is 0.416 e. The number of carbonyl (C=O) groups is 2. The molecule has 0 bridgehead atoms. The molecule has 0 aliphatic heterocycles. The summed E-state index contributed by atoms with van der Waals surface area (Å²) in [5.41, 5.74) is 1.51. The van der Waals surface area contributed by atoms with E-state index in [2.05, 4.69) is 10.6 Å². The molecule has 0 saturated heterocycles. The van der Waals surface area contributed by atoms with E-state index in [0.29, 0.717) is 21.7 Å². The molecule has 2 amide bonds. The summed E-state index contributed by atoms with van der Waals surface area (Å²) < 4.78 is 38.2. The number of alkyl halides is 3. The van der Waals surface area contributed by atoms with Crippen LogP contribution >= 0.6 is 11.6 Å². The van der Waals surface area contributed by atoms with Crippen molar-refractivity contribution in [1.29, 1.82) is 0 Å². The van der Waals surface area contributed by atoms with Crippen molar-refractivity contribution in [2.24, 2.45) is 0 Å². The van der Waals surface area contributed by atoms with Crippen LogP contribution in [0.2, 0.25) is 5.02 Å². The van der Waals surface area contributed by atoms with Gasteiger partial charge in [-0.05, 0) is 53.1 Å². The summed E-state index contributed by atoms with van der Waals surface area (Å²) in [7, 11) is 0. The molecule has 3 aromatic rings. The zero-order chi connectivity index (χ0) is 22.4. The van der Waals surface area contributed by atoms with E-state index in [1.807, 2.05) is 6.07 Å². The normalized spacial score (nSPS) is 11.1. The Hall–Kier alpha value is -3.32. The van der Waals surface area contributed by atoms with E-state index in [-0.39, 0.29) is 19.0 Å². The van der Waals surface area contributed by atoms with Crippen molar-refractivity contribution < 1.29 is 22.8 Å². The summed E-state index contributed by atoms with van der Waals surface area (Å²) >= 11 is 5.90. The molecule has 0 fully saturated rings. The molecule has 3 aromatic carbocycles. The number of hydrogen-bond donors (Lipinski definition) is 2. The standard InChI is InChI=1S/C23H18ClF3N2O2/c24-20-6-1-3-15(11-20)13-28-21(30)14-29-22(31)18-5-2-4-17(12-18)16-7-9-19(10-8-16)23(25,26)27/h1-12H,13-14H2,(H,28,30)(H,29,31). The first-order valence-electron chi connectivity index (χ1n) is 9.29. The lowest BCUT2D eigenvalue weighted by Gasteiger charge is -2.10. The molecule has 0 aliphatic carbocycles. The van der Waals surface area contributed by atoms with Crippen LogP contribution in [0.5, 0.6) is 0 Å². The van der Waals surface area contributed by atoms with Gasteiger partial charge >= 0.3 is 6.18 Å². The number of carbonyl (C=O) groups excluding carboxylic acids is 2. The van der Waals surface area contributed by atoms with E-state index >= 15 is 0 Å². The van der Waals surface area contributed by atoms with Gasteiger partial charge in [0.15, 0.2) is 0 Å². The number of amides is 2. The van der Waals surface area contributed by atoms with Crippen molar-refractivity contribution in [2.75, 3.05) is 6.54 Å². The monoisotopic (exact) mass is 446 g/mol. The summed E-state index contributed by atoms with van der Waals surface area (Å²) in [5, 5.41) is 5.77. The van der Waals surface area contributed by atoms with Crippen molar-refractivity contribution in [2.45, 2.75) is 12.7 Å². The summed E-state index contributed by atoms with van der Waals surface area (Å²) in [4.78, 5) is 24.4. The lowest BCUT2D eigenvalue weighted by atomic mass is 10.0. The predicted molar refractivity (Wildman–Crippen MR) is 113 cm³/mol. The van der Waals surface area contributed by atoms with E-state index in [0.717, 1.165) is 17.7 Å². The maximum absolute atomic E-state index is 12.7. The van der Waals surface area contributed by atoms with Crippen molar-refractivity contribution in [3.8, 4) is 11.1 Å². The Morgan fingerprint density at radius 3 is 2.23 bits per heavy atom. The highest BCUT2D eigenvalue weighted by atomic mass is 35.5. The smallest absolute Gasteiger partial charge is 0.350 e. The van der Waals surface area contributed by atoms with Crippen LogP contribution in [-0.4, -0.2) is 18.4 Å². The number of hydrogen-bond acceptors (Lipinski definition) is 2. The molecule has 0 aromatic heterocycles. The van der Waals surface area contributed by atoms with Crippen molar-refractivity contribution >= 4 is 23.4 Å². The van der Waals surface area contributed by atoms with Gasteiger partial charge < -0.3 is 10.6 Å². The largest absolute Gasteiger partial charge is 0.416 e. The minimum atomic E-state index is -4.41. The second-order valence-corrected chi connectivity index (χ2v) is 7.18. The van der Waals surface area contributed by atoms with Crippen LogP contribution < -0.4 is 10.6 Å². The van der Waals surface area contributed by atoms with E-state index in [1.54, 1.807) is 42.5 Å². The van der Waals surface area contributed by atoms with Crippen molar-refractivity contribution in [3.63, 3.8) is 0 Å². The molecule has 0 aliphatic rings. The van der Waals surface area contributed by atoms with E-state index < -0.39 is 17.6 Å². The van der Waals surface area contributed by atoms with Gasteiger partial charge in [0.25, 0.3) is 5.91 Å². The van der Waals surface area contributed by atoms with Crippen LogP contribution in [0.3, 0.4) is 0 Å². The highest BCUT2D eigenvalue weighted by Gasteiger charge is 2.29. The van der Waals surface area contributed by atoms with E-state index in [9.17, 15) is 22.8 Å². The van der Waals surface area contributed by atoms with Crippen LogP contribution in [0.25, 0.3) is 11.1 Å². The molecule has 0 atom stereocenters. The first-order valence-corrected chi connectivity index (χ1v) is 9.67. The van der Waals surface area contributed by atoms with Gasteiger partial charge in [-0.25, -0.2) is 0 Å². The first kappa shape index (κ1) is 22.4. The van der Waals surface area contributed by atoms with Crippen LogP contribution in [0.15, 0.2) is 72.8 Å². The second-order valence-electron chi connectivity index (χ2n) is 6.75. The maximum atomic E-state index is 12.7. The molecule has 2 N–H and O–H groups in total. The molecule has 3 rings (SSSR count). The lowest BCUT2D eigenvalue weighted by molar-refractivity contribution is -0.137. The van der Waals surface area contributed by atoms with Gasteiger partial charge in [0, 0.05) is 17.1 Å². The fourth-order valence-corrected chi connectivity index (χ4v) is 3.08. The molecule has 0 unspecified atom stereocenters. The Morgan fingerprint density at radius 1 is 0.839 bits per heavy atom. The Balaban J connectivity index is 1.58. The topological polar surface area (TPSA) is 58.2 Å². The molecule has 8 heteroatoms. The van der Waals surface area contributed by atoms with Crippen LogP contribution in [0.1, 0.15) is 21.5 Å². The van der Waals surface area contributed by atoms with E-state index in [1.165, 1.54) is 12.1 Å². The summed E-state index contributed by atoms with van der Waals surface area (Å²) in [6.07, 6.45) is -4.41. The molecular weight excluding hydrogens is 429 g/mol. The van der Waals surface area contributed by atoms with Gasteiger partial charge in [0.2, 0.25) is 5.91 Å². The highest BCUT2D eigenvalue weighted by Crippen LogP contribution is 2.31. The van der Waals surface area contributed by atoms with Gasteiger partial charge in [0.1, 0.15) is 0 Å². The second kappa shape index (κ2) is 9.66. The number of rotatable bonds is 6. The molecule has 4 nitrogen and oxygen atoms in total. The molecular formula is C23H18ClF3N2O2. The third-order valence-corrected chi connectivity index (χ3v) is 4.69. The molecule has 0 saturated carbocycles. The van der Waals surface area contributed by atoms with Crippen molar-refractivity contribution in [3.05, 3.63) is 94.5 Å². The minimum Gasteiger partial charge on any atom is -0.350 e. The Labute approximate surface area is 182 Å². The van der Waals surface area contributed by atoms with E-state index in [4.69, 9.17) is 11.6 Å². The highest BCUT2D eigenvalue weighted by molar-refractivity contribution is 6.30. The number of benzene rings is 3. The summed E-state index contributed by atoms with van der Waals surface area (Å²) in [5.74, 6) is -0.834. The molecule has 0 spiro atoms. The average molecular weight is 447 g/mol. The Kier molecular flexibility index (Phi) is 6.97. The van der Waals surface area contributed by atoms with Crippen LogP contribution in [-0.2, 0) is 17.5 Å². The molecule has 160 valence electrons. The zero-order valence-electron chi connectivity index (χ0n) is 16.2. The van der Waals surface area contributed by atoms with Gasteiger partial charge in [-0.3, -0.25) is 9.59 Å². The fourth-order valence-electron chi connectivity index (χ4n) is 2.86.